The summed E-state index contributed by atoms with van der Waals surface area (Å²) >= 11 is 1.72. The fourth-order valence-electron chi connectivity index (χ4n) is 16.8. The van der Waals surface area contributed by atoms with E-state index in [4.69, 9.17) is 19.4 Å². The smallest absolute Gasteiger partial charge is 0.811 e. The average molecular weight is 2050 g/mol. The summed E-state index contributed by atoms with van der Waals surface area (Å²) in [6.07, 6.45) is 6.39. The Kier molecular flexibility index (Phi) is 20.2. The summed E-state index contributed by atoms with van der Waals surface area (Å²) in [5.74, 6) is 3.86. The van der Waals surface area contributed by atoms with Gasteiger partial charge in [-0.2, -0.15) is 76.4 Å². The molecule has 20 aromatic rings. The van der Waals surface area contributed by atoms with E-state index in [1.807, 2.05) is 78.9 Å². The molecule has 1 unspecified atom stereocenters. The van der Waals surface area contributed by atoms with Crippen LogP contribution in [0.25, 0.3) is 149 Å². The molecule has 0 fully saturated rings. The van der Waals surface area contributed by atoms with E-state index in [0.717, 1.165) is 206 Å². The van der Waals surface area contributed by atoms with Gasteiger partial charge >= 0.3 is 73.2 Å². The molecular weight excluding hydrogens is 1990 g/mol. The molecule has 566 valence electrons. The van der Waals surface area contributed by atoms with Crippen LogP contribution in [0.15, 0.2) is 271 Å². The van der Waals surface area contributed by atoms with Gasteiger partial charge < -0.3 is 38.7 Å². The van der Waals surface area contributed by atoms with Gasteiger partial charge in [-0.05, 0) is 53.1 Å². The zero-order chi connectivity index (χ0) is 74.7. The number of oxazole rings is 1. The molecule has 2 aliphatic heterocycles. The predicted octanol–water partition coefficient (Wildman–Crippen LogP) is 21.7. The quantitative estimate of drug-likeness (QED) is 0.0798. The topological polar surface area (TPSA) is 111 Å². The Morgan fingerprint density at radius 3 is 2.00 bits per heavy atom. The Labute approximate surface area is 715 Å². The first kappa shape index (κ1) is 74.9. The van der Waals surface area contributed by atoms with Crippen molar-refractivity contribution in [3.05, 3.63) is 331 Å². The molecule has 23 rings (SSSR count). The van der Waals surface area contributed by atoms with Crippen LogP contribution in [0.2, 0.25) is 0 Å². The summed E-state index contributed by atoms with van der Waals surface area (Å²) in [5.41, 5.74) is 20.9. The molecule has 14 nitrogen and oxygen atoms in total. The van der Waals surface area contributed by atoms with Crippen LogP contribution in [0, 0.1) is 48.7 Å². The van der Waals surface area contributed by atoms with E-state index in [0.29, 0.717) is 11.7 Å². The van der Waals surface area contributed by atoms with Crippen LogP contribution in [0.3, 0.4) is 0 Å². The number of rotatable bonds is 9. The standard InChI is InChI=1S/C35H29N6.C31H17N4S.C31H22N3O.3Au/c1-37-19-21-39(29-12-4-3-5-13-29)33-34(37)41-35(36-33)40(22-20-38(41)2)30-18-17-26-11-8-14-31(32(26)24-30)28-16-15-25-9-6-7-10-27(25)23-28;1-2-9-21(10-3-1)25-20-36-30-29(25)32-31-34(27-15-6-7-16-28(27)35(30)31)24-13-8-12-23(19-24)33-18-17-22-11-4-5-14-26(22)33;1-19(32)22-13-7-11-21-17-26-24-12-5-6-15-27(24)34(28(26)18-25(21)22)31-33-30-23(14-8-16-29(30)35-31)20-9-3-2-4-10-20;;;/h3-12,14-15,17-18,23H,19-22H2,1-2H3;1-9,11-17,20H;2-6,8-9,12,14-17,22H,7,11,13H2,1H3;;;/q3*-3;3*+3. The number of hydrogen-bond acceptors (Lipinski definition) is 9. The van der Waals surface area contributed by atoms with Crippen LogP contribution in [-0.2, 0) is 73.6 Å². The summed E-state index contributed by atoms with van der Waals surface area (Å²) in [5, 5.41) is 23.0. The second-order valence-corrected chi connectivity index (χ2v) is 29.7. The van der Waals surface area contributed by atoms with Crippen molar-refractivity contribution in [2.24, 2.45) is 0 Å². The zero-order valence-corrected chi connectivity index (χ0v) is 69.8. The Bertz CT molecular complexity index is 7080. The first-order chi connectivity index (χ1) is 55.2. The largest absolute Gasteiger partial charge is 3.00 e. The van der Waals surface area contributed by atoms with Crippen LogP contribution < -0.4 is 19.7 Å². The molecule has 0 saturated heterocycles. The van der Waals surface area contributed by atoms with Crippen LogP contribution in [0.1, 0.15) is 36.8 Å². The average Bonchev–Trinajstić information content (AvgIpc) is 1.56. The number of hydrogen-bond donors (Lipinski definition) is 0. The van der Waals surface area contributed by atoms with Gasteiger partial charge in [-0.3, -0.25) is 8.97 Å². The van der Waals surface area contributed by atoms with E-state index in [-0.39, 0.29) is 73.1 Å². The molecule has 13 aromatic carbocycles. The number of anilines is 5. The second kappa shape index (κ2) is 31.0. The van der Waals surface area contributed by atoms with Gasteiger partial charge in [0.15, 0.2) is 11.6 Å². The SMILES string of the molecule is CC(=[N-])C1CCCc2cc3c4ccccc4n(-c4nc5c(-c6[c-]cccc6)cccc5o4)c3[c-]c21.CN1CCN(c2[c-]cccc2)c2nc3n(c21)N(C)CCN3c1[c-]c2c(-c3[c-]cc4ccccc4c3)cccc2cc1.[Au+3].[Au+3].[Au+3].[c-]1ccccc1-c1csc2c1nc1n(-c3[c-]c(-n4[c-]cc5ccccc54)ccc3)c3ccccc3n21. The van der Waals surface area contributed by atoms with Gasteiger partial charge in [-0.1, -0.05) is 168 Å². The maximum absolute atomic E-state index is 10.4. The molecule has 0 radical (unpaired) electrons. The van der Waals surface area contributed by atoms with Crippen molar-refractivity contribution in [3.63, 3.8) is 0 Å². The van der Waals surface area contributed by atoms with E-state index in [1.165, 1.54) is 16.3 Å². The van der Waals surface area contributed by atoms with Crippen molar-refractivity contribution >= 4 is 139 Å². The number of imidazole rings is 3. The Morgan fingerprint density at radius 1 is 0.513 bits per heavy atom. The minimum atomic E-state index is 0. The Hall–Kier alpha value is -11.5. The first-order valence-electron chi connectivity index (χ1n) is 37.9. The van der Waals surface area contributed by atoms with Crippen molar-refractivity contribution in [1.29, 1.82) is 0 Å². The third-order valence-electron chi connectivity index (χ3n) is 22.2. The van der Waals surface area contributed by atoms with E-state index < -0.39 is 0 Å². The van der Waals surface area contributed by atoms with Crippen LogP contribution >= 0.6 is 11.3 Å². The molecule has 0 amide bonds. The number of nitrogens with zero attached hydrogens (tertiary/aromatic N) is 13. The van der Waals surface area contributed by atoms with Crippen molar-refractivity contribution in [1.82, 2.24) is 37.7 Å². The molecule has 18 heteroatoms. The van der Waals surface area contributed by atoms with Gasteiger partial charge in [-0.15, -0.1) is 182 Å². The molecule has 0 saturated carbocycles. The molecule has 0 bridgehead atoms. The molecule has 1 atom stereocenters. The van der Waals surface area contributed by atoms with Crippen LogP contribution in [0.5, 0.6) is 0 Å². The van der Waals surface area contributed by atoms with Gasteiger partial charge in [-0.25, -0.2) is 20.4 Å². The van der Waals surface area contributed by atoms with E-state index in [2.05, 4.69) is 293 Å². The minimum Gasteiger partial charge on any atom is -0.811 e. The van der Waals surface area contributed by atoms with Gasteiger partial charge in [0.25, 0.3) is 0 Å². The van der Waals surface area contributed by atoms with Crippen LogP contribution in [-0.4, -0.2) is 83.7 Å². The van der Waals surface area contributed by atoms with E-state index in [9.17, 15) is 5.41 Å². The summed E-state index contributed by atoms with van der Waals surface area (Å²) in [4.78, 5) is 23.5. The third-order valence-corrected chi connectivity index (χ3v) is 23.2. The number of para-hydroxylation sites is 6. The maximum Gasteiger partial charge on any atom is 3.00 e. The maximum atomic E-state index is 10.4. The molecule has 1 aliphatic carbocycles. The van der Waals surface area contributed by atoms with Gasteiger partial charge in [0.05, 0.1) is 28.6 Å². The van der Waals surface area contributed by atoms with Crippen molar-refractivity contribution in [2.75, 3.05) is 60.0 Å². The Morgan fingerprint density at radius 2 is 1.20 bits per heavy atom. The van der Waals surface area contributed by atoms with E-state index >= 15 is 0 Å². The minimum absolute atomic E-state index is 0. The van der Waals surface area contributed by atoms with Crippen molar-refractivity contribution in [2.45, 2.75) is 32.1 Å². The second-order valence-electron chi connectivity index (χ2n) is 28.9. The number of aryl methyl sites for hydroxylation is 1. The fourth-order valence-corrected chi connectivity index (χ4v) is 17.8. The molecule has 7 aromatic heterocycles. The molecular formula is C97H68Au3N13OS. The summed E-state index contributed by atoms with van der Waals surface area (Å²) < 4.78 is 17.2. The number of fused-ring (bicyclic) bond motifs is 16. The van der Waals surface area contributed by atoms with Gasteiger partial charge in [0.1, 0.15) is 10.4 Å². The monoisotopic (exact) mass is 2050 g/mol. The van der Waals surface area contributed by atoms with E-state index in [1.54, 1.807) is 18.3 Å². The molecule has 9 heterocycles. The number of thiophene rings is 1. The first-order valence-corrected chi connectivity index (χ1v) is 38.8. The summed E-state index contributed by atoms with van der Waals surface area (Å²) in [7, 11) is 4.29. The number of aromatic nitrogens is 8. The summed E-state index contributed by atoms with van der Waals surface area (Å²) in [6.45, 7) is 5.25. The number of likely N-dealkylation sites (N-methyl/N-ethyl adjacent to an activating group) is 2. The zero-order valence-electron chi connectivity index (χ0n) is 62.5. The molecule has 0 N–H and O–H groups in total. The van der Waals surface area contributed by atoms with Crippen molar-refractivity contribution < 1.29 is 71.6 Å². The molecule has 3 aliphatic rings. The molecule has 115 heavy (non-hydrogen) atoms. The Balaban J connectivity index is 0.000000118. The summed E-state index contributed by atoms with van der Waals surface area (Å²) in [6, 6.07) is 115. The van der Waals surface area contributed by atoms with Gasteiger partial charge in [0, 0.05) is 39.2 Å². The predicted molar refractivity (Wildman–Crippen MR) is 456 cm³/mol. The van der Waals surface area contributed by atoms with Gasteiger partial charge in [0.2, 0.25) is 11.7 Å². The fraction of sp³-hybridized carbons (Fsp3) is 0.113. The third kappa shape index (κ3) is 13.0. The number of benzene rings is 13. The van der Waals surface area contributed by atoms with Crippen molar-refractivity contribution in [3.8, 4) is 50.8 Å². The van der Waals surface area contributed by atoms with Crippen LogP contribution in [0.4, 0.5) is 29.0 Å². The molecule has 0 spiro atoms. The normalized spacial score (nSPS) is 13.8.